The predicted molar refractivity (Wildman–Crippen MR) is 87.2 cm³/mol. The van der Waals surface area contributed by atoms with Crippen LogP contribution in [0.4, 0.5) is 4.39 Å². The summed E-state index contributed by atoms with van der Waals surface area (Å²) in [7, 11) is 0. The van der Waals surface area contributed by atoms with E-state index in [0.29, 0.717) is 5.69 Å². The molecular weight excluding hydrogens is 319 g/mol. The SMILES string of the molecule is Cc1cc2ccccn2c1[C@H](C[N+](=O)[O-])c1c(F)cccc1Cl. The Kier molecular flexibility index (Phi) is 4.05. The fourth-order valence-corrected chi connectivity index (χ4v) is 3.32. The highest BCUT2D eigenvalue weighted by molar-refractivity contribution is 6.31. The molecule has 1 atom stereocenters. The van der Waals surface area contributed by atoms with Crippen LogP contribution < -0.4 is 0 Å². The van der Waals surface area contributed by atoms with Crippen LogP contribution in [0.25, 0.3) is 5.52 Å². The number of nitro groups is 1. The Morgan fingerprint density at radius 3 is 2.78 bits per heavy atom. The van der Waals surface area contributed by atoms with Crippen LogP contribution in [0.3, 0.4) is 0 Å². The normalized spacial score (nSPS) is 12.5. The first kappa shape index (κ1) is 15.5. The maximum Gasteiger partial charge on any atom is 0.216 e. The Balaban J connectivity index is 2.28. The van der Waals surface area contributed by atoms with Crippen LogP contribution in [-0.2, 0) is 0 Å². The molecule has 2 heterocycles. The molecule has 0 spiro atoms. The van der Waals surface area contributed by atoms with Crippen molar-refractivity contribution in [2.24, 2.45) is 0 Å². The van der Waals surface area contributed by atoms with E-state index in [9.17, 15) is 14.5 Å². The zero-order valence-corrected chi connectivity index (χ0v) is 13.1. The number of aryl methyl sites for hydroxylation is 1. The lowest BCUT2D eigenvalue weighted by atomic mass is 9.93. The summed E-state index contributed by atoms with van der Waals surface area (Å²) in [4.78, 5) is 10.7. The number of aromatic nitrogens is 1. The van der Waals surface area contributed by atoms with Crippen molar-refractivity contribution in [1.82, 2.24) is 4.40 Å². The minimum atomic E-state index is -0.761. The van der Waals surface area contributed by atoms with E-state index in [1.54, 1.807) is 6.07 Å². The van der Waals surface area contributed by atoms with E-state index < -0.39 is 23.2 Å². The highest BCUT2D eigenvalue weighted by atomic mass is 35.5. The number of halogens is 2. The summed E-state index contributed by atoms with van der Waals surface area (Å²) in [5, 5.41) is 11.4. The lowest BCUT2D eigenvalue weighted by Gasteiger charge is -2.17. The largest absolute Gasteiger partial charge is 0.320 e. The molecule has 3 aromatic rings. The summed E-state index contributed by atoms with van der Waals surface area (Å²) in [5.74, 6) is -1.29. The van der Waals surface area contributed by atoms with Crippen molar-refractivity contribution in [2.75, 3.05) is 6.54 Å². The van der Waals surface area contributed by atoms with Crippen LogP contribution in [0, 0.1) is 22.9 Å². The summed E-state index contributed by atoms with van der Waals surface area (Å²) in [6, 6.07) is 11.9. The van der Waals surface area contributed by atoms with Crippen LogP contribution in [-0.4, -0.2) is 15.9 Å². The Bertz CT molecular complexity index is 871. The molecule has 6 heteroatoms. The molecule has 0 unspecified atom stereocenters. The smallest absolute Gasteiger partial charge is 0.216 e. The van der Waals surface area contributed by atoms with Gasteiger partial charge in [-0.2, -0.15) is 0 Å². The molecule has 0 aliphatic carbocycles. The van der Waals surface area contributed by atoms with Crippen LogP contribution in [0.2, 0.25) is 5.02 Å². The van der Waals surface area contributed by atoms with Gasteiger partial charge in [0.1, 0.15) is 5.82 Å². The molecule has 1 aromatic carbocycles. The minimum Gasteiger partial charge on any atom is -0.320 e. The standard InChI is InChI=1S/C17H14ClFN2O2/c1-11-9-12-5-2-3-8-20(12)17(11)13(10-21(22)23)16-14(18)6-4-7-15(16)19/h2-9,13H,10H2,1H3/t13-/m1/s1. The summed E-state index contributed by atoms with van der Waals surface area (Å²) in [6.45, 7) is 1.44. The van der Waals surface area contributed by atoms with Gasteiger partial charge in [0.25, 0.3) is 0 Å². The fourth-order valence-electron chi connectivity index (χ4n) is 3.03. The van der Waals surface area contributed by atoms with Gasteiger partial charge in [0.2, 0.25) is 6.54 Å². The third-order valence-electron chi connectivity index (χ3n) is 3.93. The van der Waals surface area contributed by atoms with Gasteiger partial charge in [0, 0.05) is 32.9 Å². The fraction of sp³-hybridized carbons (Fsp3) is 0.176. The van der Waals surface area contributed by atoms with Gasteiger partial charge in [-0.25, -0.2) is 4.39 Å². The zero-order chi connectivity index (χ0) is 16.6. The number of rotatable bonds is 4. The molecule has 4 nitrogen and oxygen atoms in total. The van der Waals surface area contributed by atoms with Crippen molar-refractivity contribution in [3.63, 3.8) is 0 Å². The average Bonchev–Trinajstić information content (AvgIpc) is 2.81. The Labute approximate surface area is 137 Å². The first-order chi connectivity index (χ1) is 11.0. The van der Waals surface area contributed by atoms with E-state index in [0.717, 1.165) is 11.1 Å². The summed E-state index contributed by atoms with van der Waals surface area (Å²) >= 11 is 6.16. The van der Waals surface area contributed by atoms with Crippen molar-refractivity contribution < 1.29 is 9.31 Å². The molecule has 3 rings (SSSR count). The van der Waals surface area contributed by atoms with Gasteiger partial charge in [-0.1, -0.05) is 23.7 Å². The summed E-state index contributed by atoms with van der Waals surface area (Å²) in [6.07, 6.45) is 1.82. The maximum absolute atomic E-state index is 14.4. The van der Waals surface area contributed by atoms with Gasteiger partial charge in [0.05, 0.1) is 5.92 Å². The quantitative estimate of drug-likeness (QED) is 0.523. The molecule has 0 radical (unpaired) electrons. The maximum atomic E-state index is 14.4. The topological polar surface area (TPSA) is 47.5 Å². The zero-order valence-electron chi connectivity index (χ0n) is 12.4. The molecule has 0 saturated carbocycles. The van der Waals surface area contributed by atoms with E-state index >= 15 is 0 Å². The summed E-state index contributed by atoms with van der Waals surface area (Å²) < 4.78 is 16.2. The second kappa shape index (κ2) is 6.01. The molecule has 0 amide bonds. The number of nitrogens with zero attached hydrogens (tertiary/aromatic N) is 2. The summed E-state index contributed by atoms with van der Waals surface area (Å²) in [5.41, 5.74) is 2.62. The van der Waals surface area contributed by atoms with Gasteiger partial charge in [-0.05, 0) is 42.8 Å². The number of benzene rings is 1. The number of hydrogen-bond donors (Lipinski definition) is 0. The molecule has 0 N–H and O–H groups in total. The first-order valence-corrected chi connectivity index (χ1v) is 7.49. The van der Waals surface area contributed by atoms with Crippen LogP contribution in [0.15, 0.2) is 48.7 Å². The van der Waals surface area contributed by atoms with E-state index in [1.807, 2.05) is 41.8 Å². The van der Waals surface area contributed by atoms with Crippen molar-refractivity contribution >= 4 is 17.1 Å². The van der Waals surface area contributed by atoms with E-state index in [4.69, 9.17) is 11.6 Å². The molecule has 23 heavy (non-hydrogen) atoms. The second-order valence-corrected chi connectivity index (χ2v) is 5.82. The Hall–Kier alpha value is -2.40. The van der Waals surface area contributed by atoms with Crippen LogP contribution >= 0.6 is 11.6 Å². The lowest BCUT2D eigenvalue weighted by Crippen LogP contribution is -2.18. The van der Waals surface area contributed by atoms with Crippen molar-refractivity contribution in [3.8, 4) is 0 Å². The van der Waals surface area contributed by atoms with Crippen LogP contribution in [0.5, 0.6) is 0 Å². The third kappa shape index (κ3) is 2.80. The highest BCUT2D eigenvalue weighted by Gasteiger charge is 2.29. The van der Waals surface area contributed by atoms with Crippen molar-refractivity contribution in [3.05, 3.63) is 86.4 Å². The number of fused-ring (bicyclic) bond motifs is 1. The lowest BCUT2D eigenvalue weighted by molar-refractivity contribution is -0.482. The Morgan fingerprint density at radius 2 is 2.09 bits per heavy atom. The van der Waals surface area contributed by atoms with E-state index in [-0.39, 0.29) is 10.6 Å². The Morgan fingerprint density at radius 1 is 1.30 bits per heavy atom. The molecule has 0 aliphatic heterocycles. The monoisotopic (exact) mass is 332 g/mol. The van der Waals surface area contributed by atoms with Crippen LogP contribution in [0.1, 0.15) is 22.7 Å². The van der Waals surface area contributed by atoms with E-state index in [2.05, 4.69) is 0 Å². The molecule has 2 aromatic heterocycles. The van der Waals surface area contributed by atoms with Gasteiger partial charge in [0.15, 0.2) is 0 Å². The van der Waals surface area contributed by atoms with E-state index in [1.165, 1.54) is 12.1 Å². The van der Waals surface area contributed by atoms with Gasteiger partial charge in [-0.15, -0.1) is 0 Å². The molecule has 0 aliphatic rings. The van der Waals surface area contributed by atoms with Gasteiger partial charge < -0.3 is 4.40 Å². The second-order valence-electron chi connectivity index (χ2n) is 5.41. The molecular formula is C17H14ClFN2O2. The first-order valence-electron chi connectivity index (χ1n) is 7.11. The average molecular weight is 333 g/mol. The number of pyridine rings is 1. The molecule has 0 bridgehead atoms. The minimum absolute atomic E-state index is 0.165. The number of hydrogen-bond acceptors (Lipinski definition) is 2. The molecule has 0 fully saturated rings. The molecule has 0 saturated heterocycles. The third-order valence-corrected chi connectivity index (χ3v) is 4.26. The molecule has 118 valence electrons. The van der Waals surface area contributed by atoms with Gasteiger partial charge >= 0.3 is 0 Å². The van der Waals surface area contributed by atoms with Gasteiger partial charge in [-0.3, -0.25) is 10.1 Å². The van der Waals surface area contributed by atoms with Crippen molar-refractivity contribution in [2.45, 2.75) is 12.8 Å². The highest BCUT2D eigenvalue weighted by Crippen LogP contribution is 2.35. The van der Waals surface area contributed by atoms with Crippen molar-refractivity contribution in [1.29, 1.82) is 0 Å². The predicted octanol–water partition coefficient (Wildman–Crippen LogP) is 4.45.